The molecule has 1 amide bonds. The van der Waals surface area contributed by atoms with Crippen molar-refractivity contribution in [2.45, 2.75) is 12.5 Å². The topological polar surface area (TPSA) is 35.6 Å². The number of rotatable bonds is 6. The Labute approximate surface area is 160 Å². The van der Waals surface area contributed by atoms with Gasteiger partial charge in [-0.2, -0.15) is 0 Å². The van der Waals surface area contributed by atoms with Crippen LogP contribution in [0, 0.1) is 0 Å². The van der Waals surface area contributed by atoms with Crippen molar-refractivity contribution in [3.63, 3.8) is 0 Å². The van der Waals surface area contributed by atoms with Gasteiger partial charge in [0.1, 0.15) is 0 Å². The van der Waals surface area contributed by atoms with Crippen LogP contribution in [0.4, 0.5) is 0 Å². The summed E-state index contributed by atoms with van der Waals surface area (Å²) in [7, 11) is 2.14. The van der Waals surface area contributed by atoms with E-state index in [1.807, 2.05) is 30.3 Å². The zero-order chi connectivity index (χ0) is 18.4. The summed E-state index contributed by atoms with van der Waals surface area (Å²) >= 11 is 5.90. The smallest absolute Gasteiger partial charge is 0.234 e. The van der Waals surface area contributed by atoms with E-state index in [9.17, 15) is 4.79 Å². The van der Waals surface area contributed by atoms with E-state index in [0.717, 1.165) is 31.1 Å². The van der Waals surface area contributed by atoms with Crippen molar-refractivity contribution in [2.75, 3.05) is 39.8 Å². The minimum Gasteiger partial charge on any atom is -0.355 e. The maximum absolute atomic E-state index is 12.4. The number of halogens is 1. The van der Waals surface area contributed by atoms with Gasteiger partial charge in [0.15, 0.2) is 0 Å². The maximum atomic E-state index is 12.4. The summed E-state index contributed by atoms with van der Waals surface area (Å²) < 4.78 is 0. The predicted octanol–water partition coefficient (Wildman–Crippen LogP) is 2.99. The van der Waals surface area contributed by atoms with E-state index in [0.29, 0.717) is 13.1 Å². The van der Waals surface area contributed by atoms with Crippen molar-refractivity contribution in [2.24, 2.45) is 0 Å². The first kappa shape index (κ1) is 18.9. The minimum atomic E-state index is 0.0875. The summed E-state index contributed by atoms with van der Waals surface area (Å²) in [5, 5.41) is 3.79. The molecule has 1 aliphatic rings. The van der Waals surface area contributed by atoms with Crippen LogP contribution in [-0.2, 0) is 11.2 Å². The largest absolute Gasteiger partial charge is 0.355 e. The van der Waals surface area contributed by atoms with E-state index in [1.54, 1.807) is 0 Å². The molecule has 0 aromatic heterocycles. The van der Waals surface area contributed by atoms with Crippen LogP contribution < -0.4 is 5.32 Å². The first-order valence-corrected chi connectivity index (χ1v) is 9.48. The Morgan fingerprint density at radius 1 is 1.12 bits per heavy atom. The molecule has 0 spiro atoms. The van der Waals surface area contributed by atoms with Gasteiger partial charge in [0.25, 0.3) is 0 Å². The van der Waals surface area contributed by atoms with Crippen LogP contribution in [0.3, 0.4) is 0 Å². The van der Waals surface area contributed by atoms with Crippen LogP contribution in [0.2, 0.25) is 5.02 Å². The van der Waals surface area contributed by atoms with E-state index >= 15 is 0 Å². The highest BCUT2D eigenvalue weighted by Crippen LogP contribution is 2.24. The molecular formula is C21H26ClN3O. The molecule has 1 atom stereocenters. The van der Waals surface area contributed by atoms with Crippen molar-refractivity contribution >= 4 is 17.5 Å². The molecule has 0 radical (unpaired) electrons. The molecule has 4 nitrogen and oxygen atoms in total. The van der Waals surface area contributed by atoms with Crippen molar-refractivity contribution < 1.29 is 4.79 Å². The fraction of sp³-hybridized carbons (Fsp3) is 0.381. The second-order valence-electron chi connectivity index (χ2n) is 6.89. The quantitative estimate of drug-likeness (QED) is 0.847. The Hall–Kier alpha value is -1.88. The number of carbonyl (C=O) groups excluding carboxylic acids is 1. The molecule has 2 aromatic rings. The Bertz CT molecular complexity index is 705. The van der Waals surface area contributed by atoms with E-state index in [2.05, 4.69) is 46.4 Å². The zero-order valence-corrected chi connectivity index (χ0v) is 16.0. The van der Waals surface area contributed by atoms with Crippen molar-refractivity contribution in [1.29, 1.82) is 0 Å². The van der Waals surface area contributed by atoms with Crippen molar-refractivity contribution in [1.82, 2.24) is 15.1 Å². The fourth-order valence-electron chi connectivity index (χ4n) is 3.38. The van der Waals surface area contributed by atoms with Gasteiger partial charge in [-0.25, -0.2) is 0 Å². The number of hydrogen-bond acceptors (Lipinski definition) is 3. The standard InChI is InChI=1S/C21H26ClN3O/c1-24-13-14-25(20(15-24)18-5-3-2-4-6-18)16-21(26)23-12-11-17-7-9-19(22)10-8-17/h2-10,20H,11-16H2,1H3,(H,23,26). The molecule has 3 rings (SSSR count). The van der Waals surface area contributed by atoms with Crippen LogP contribution in [-0.4, -0.2) is 55.5 Å². The first-order valence-electron chi connectivity index (χ1n) is 9.10. The van der Waals surface area contributed by atoms with Gasteiger partial charge in [-0.05, 0) is 36.7 Å². The number of piperazine rings is 1. The molecule has 5 heteroatoms. The average Bonchev–Trinajstić information content (AvgIpc) is 2.65. The Kier molecular flexibility index (Phi) is 6.67. The van der Waals surface area contributed by atoms with Crippen LogP contribution >= 0.6 is 11.6 Å². The normalized spacial score (nSPS) is 18.6. The molecule has 2 aromatic carbocycles. The van der Waals surface area contributed by atoms with Crippen LogP contribution in [0.5, 0.6) is 0 Å². The van der Waals surface area contributed by atoms with Crippen molar-refractivity contribution in [3.05, 3.63) is 70.7 Å². The van der Waals surface area contributed by atoms with Gasteiger partial charge in [0, 0.05) is 37.2 Å². The van der Waals surface area contributed by atoms with E-state index < -0.39 is 0 Å². The monoisotopic (exact) mass is 371 g/mol. The van der Waals surface area contributed by atoms with Gasteiger partial charge in [-0.1, -0.05) is 54.1 Å². The second-order valence-corrected chi connectivity index (χ2v) is 7.32. The third kappa shape index (κ3) is 5.31. The predicted molar refractivity (Wildman–Crippen MR) is 106 cm³/mol. The molecule has 1 heterocycles. The highest BCUT2D eigenvalue weighted by molar-refractivity contribution is 6.30. The van der Waals surface area contributed by atoms with Gasteiger partial charge in [-0.3, -0.25) is 9.69 Å². The summed E-state index contributed by atoms with van der Waals surface area (Å²) in [6.07, 6.45) is 0.813. The summed E-state index contributed by atoms with van der Waals surface area (Å²) in [6, 6.07) is 18.5. The molecule has 138 valence electrons. The number of hydrogen-bond donors (Lipinski definition) is 1. The average molecular weight is 372 g/mol. The number of amides is 1. The molecule has 1 fully saturated rings. The molecule has 1 N–H and O–H groups in total. The third-order valence-corrected chi connectivity index (χ3v) is 5.13. The van der Waals surface area contributed by atoms with Crippen LogP contribution in [0.15, 0.2) is 54.6 Å². The lowest BCUT2D eigenvalue weighted by Gasteiger charge is -2.39. The molecule has 26 heavy (non-hydrogen) atoms. The Balaban J connectivity index is 1.52. The van der Waals surface area contributed by atoms with Crippen LogP contribution in [0.25, 0.3) is 0 Å². The Morgan fingerprint density at radius 3 is 2.58 bits per heavy atom. The van der Waals surface area contributed by atoms with Gasteiger partial charge < -0.3 is 10.2 Å². The number of benzene rings is 2. The number of nitrogens with one attached hydrogen (secondary N) is 1. The van der Waals surface area contributed by atoms with Gasteiger partial charge in [0.05, 0.1) is 6.54 Å². The first-order chi connectivity index (χ1) is 12.6. The molecular weight excluding hydrogens is 346 g/mol. The zero-order valence-electron chi connectivity index (χ0n) is 15.2. The molecule has 0 bridgehead atoms. The summed E-state index contributed by atoms with van der Waals surface area (Å²) in [6.45, 7) is 3.92. The number of carbonyl (C=O) groups is 1. The van der Waals surface area contributed by atoms with Gasteiger partial charge in [-0.15, -0.1) is 0 Å². The lowest BCUT2D eigenvalue weighted by atomic mass is 10.0. The van der Waals surface area contributed by atoms with Gasteiger partial charge in [0.2, 0.25) is 5.91 Å². The highest BCUT2D eigenvalue weighted by atomic mass is 35.5. The van der Waals surface area contributed by atoms with Gasteiger partial charge >= 0.3 is 0 Å². The number of likely N-dealkylation sites (N-methyl/N-ethyl adjacent to an activating group) is 1. The summed E-state index contributed by atoms with van der Waals surface area (Å²) in [4.78, 5) is 17.0. The molecule has 1 aliphatic heterocycles. The molecule has 1 unspecified atom stereocenters. The third-order valence-electron chi connectivity index (χ3n) is 4.87. The van der Waals surface area contributed by atoms with E-state index in [1.165, 1.54) is 11.1 Å². The maximum Gasteiger partial charge on any atom is 0.234 e. The summed E-state index contributed by atoms with van der Waals surface area (Å²) in [5.41, 5.74) is 2.45. The molecule has 1 saturated heterocycles. The fourth-order valence-corrected chi connectivity index (χ4v) is 3.50. The molecule has 0 saturated carbocycles. The minimum absolute atomic E-state index is 0.0875. The summed E-state index contributed by atoms with van der Waals surface area (Å²) in [5.74, 6) is 0.0875. The lowest BCUT2D eigenvalue weighted by molar-refractivity contribution is -0.123. The second kappa shape index (κ2) is 9.17. The van der Waals surface area contributed by atoms with Crippen molar-refractivity contribution in [3.8, 4) is 0 Å². The lowest BCUT2D eigenvalue weighted by Crippen LogP contribution is -2.50. The molecule has 0 aliphatic carbocycles. The highest BCUT2D eigenvalue weighted by Gasteiger charge is 2.27. The van der Waals surface area contributed by atoms with E-state index in [4.69, 9.17) is 11.6 Å². The Morgan fingerprint density at radius 2 is 1.85 bits per heavy atom. The van der Waals surface area contributed by atoms with Crippen LogP contribution in [0.1, 0.15) is 17.2 Å². The SMILES string of the molecule is CN1CCN(CC(=O)NCCc2ccc(Cl)cc2)C(c2ccccc2)C1. The van der Waals surface area contributed by atoms with E-state index in [-0.39, 0.29) is 11.9 Å². The number of nitrogens with zero attached hydrogens (tertiary/aromatic N) is 2.